The normalized spacial score (nSPS) is 10.8. The number of nitrogens with one attached hydrogen (secondary N) is 1. The fourth-order valence-electron chi connectivity index (χ4n) is 2.64. The van der Waals surface area contributed by atoms with Gasteiger partial charge >= 0.3 is 0 Å². The minimum atomic E-state index is -0.212. The van der Waals surface area contributed by atoms with E-state index in [1.54, 1.807) is 23.4 Å². The summed E-state index contributed by atoms with van der Waals surface area (Å²) < 4.78 is 1.60. The Morgan fingerprint density at radius 2 is 1.81 bits per heavy atom. The Kier molecular flexibility index (Phi) is 6.83. The Labute approximate surface area is 172 Å². The topological polar surface area (TPSA) is 46.9 Å². The fraction of sp³-hybridized carbons (Fsp3) is 0.200. The lowest BCUT2D eigenvalue weighted by Crippen LogP contribution is -2.26. The van der Waals surface area contributed by atoms with Crippen LogP contribution >= 0.6 is 35.0 Å². The molecule has 3 rings (SSSR count). The molecule has 4 nitrogen and oxygen atoms in total. The summed E-state index contributed by atoms with van der Waals surface area (Å²) in [6, 6.07) is 17.6. The molecule has 0 radical (unpaired) electrons. The monoisotopic (exact) mass is 419 g/mol. The smallest absolute Gasteiger partial charge is 0.256 e. The molecule has 0 spiro atoms. The lowest BCUT2D eigenvalue weighted by atomic mass is 10.2. The summed E-state index contributed by atoms with van der Waals surface area (Å²) in [5.41, 5.74) is 1.91. The fourth-order valence-corrected chi connectivity index (χ4v) is 3.95. The second-order valence-corrected chi connectivity index (χ2v) is 7.85. The highest BCUT2D eigenvalue weighted by atomic mass is 35.5. The molecule has 0 fully saturated rings. The van der Waals surface area contributed by atoms with Crippen molar-refractivity contribution in [2.24, 2.45) is 0 Å². The highest BCUT2D eigenvalue weighted by Gasteiger charge is 2.20. The summed E-state index contributed by atoms with van der Waals surface area (Å²) in [5, 5.41) is 8.28. The second kappa shape index (κ2) is 9.31. The number of rotatable bonds is 7. The van der Waals surface area contributed by atoms with Gasteiger partial charge in [-0.15, -0.1) is 11.8 Å². The molecule has 0 bridgehead atoms. The van der Waals surface area contributed by atoms with Crippen LogP contribution in [0.2, 0.25) is 10.2 Å². The van der Waals surface area contributed by atoms with Crippen molar-refractivity contribution >= 4 is 40.9 Å². The number of nitrogens with zero attached hydrogens (tertiary/aromatic N) is 2. The first-order valence-electron chi connectivity index (χ1n) is 8.48. The van der Waals surface area contributed by atoms with Gasteiger partial charge in [0.25, 0.3) is 5.91 Å². The zero-order valence-electron chi connectivity index (χ0n) is 14.8. The van der Waals surface area contributed by atoms with Crippen LogP contribution in [0.3, 0.4) is 0 Å². The first-order chi connectivity index (χ1) is 13.1. The number of halogens is 2. The standard InChI is InChI=1S/C20H19Cl2N3OS/c1-14-18(20(26)23-11-12-27-16-8-3-2-4-9-16)19(22)25(24-14)13-15-7-5-6-10-17(15)21/h2-10H,11-13H2,1H3,(H,23,26). The van der Waals surface area contributed by atoms with E-state index in [1.165, 1.54) is 4.90 Å². The van der Waals surface area contributed by atoms with Crippen LogP contribution in [0.5, 0.6) is 0 Å². The number of benzene rings is 2. The average Bonchev–Trinajstić information content (AvgIpc) is 2.95. The number of hydrogen-bond acceptors (Lipinski definition) is 3. The molecular weight excluding hydrogens is 401 g/mol. The van der Waals surface area contributed by atoms with Crippen molar-refractivity contribution in [1.29, 1.82) is 0 Å². The van der Waals surface area contributed by atoms with Gasteiger partial charge in [-0.05, 0) is 30.7 Å². The molecule has 3 aromatic rings. The Morgan fingerprint density at radius 1 is 1.11 bits per heavy atom. The van der Waals surface area contributed by atoms with Gasteiger partial charge in [0.1, 0.15) is 5.15 Å². The summed E-state index contributed by atoms with van der Waals surface area (Å²) in [6.07, 6.45) is 0. The lowest BCUT2D eigenvalue weighted by molar-refractivity contribution is 0.0955. The van der Waals surface area contributed by atoms with E-state index >= 15 is 0 Å². The quantitative estimate of drug-likeness (QED) is 0.429. The van der Waals surface area contributed by atoms with Gasteiger partial charge < -0.3 is 5.32 Å². The van der Waals surface area contributed by atoms with Gasteiger partial charge in [0.15, 0.2) is 0 Å². The van der Waals surface area contributed by atoms with E-state index in [-0.39, 0.29) is 5.91 Å². The Hall–Kier alpha value is -1.95. The third kappa shape index (κ3) is 5.06. The van der Waals surface area contributed by atoms with Crippen LogP contribution < -0.4 is 5.32 Å². The molecule has 1 amide bonds. The van der Waals surface area contributed by atoms with Crippen molar-refractivity contribution in [2.75, 3.05) is 12.3 Å². The lowest BCUT2D eigenvalue weighted by Gasteiger charge is -2.07. The van der Waals surface area contributed by atoms with Crippen LogP contribution in [0.4, 0.5) is 0 Å². The van der Waals surface area contributed by atoms with Crippen molar-refractivity contribution in [3.8, 4) is 0 Å². The number of hydrogen-bond donors (Lipinski definition) is 1. The van der Waals surface area contributed by atoms with E-state index in [1.807, 2.05) is 54.6 Å². The van der Waals surface area contributed by atoms with Crippen LogP contribution in [0, 0.1) is 6.92 Å². The van der Waals surface area contributed by atoms with Gasteiger partial charge in [-0.1, -0.05) is 59.6 Å². The number of amides is 1. The minimum Gasteiger partial charge on any atom is -0.351 e. The largest absolute Gasteiger partial charge is 0.351 e. The first-order valence-corrected chi connectivity index (χ1v) is 10.2. The molecule has 0 aliphatic heterocycles. The van der Waals surface area contributed by atoms with Crippen LogP contribution in [-0.2, 0) is 6.54 Å². The number of aromatic nitrogens is 2. The highest BCUT2D eigenvalue weighted by molar-refractivity contribution is 7.99. The molecule has 27 heavy (non-hydrogen) atoms. The average molecular weight is 420 g/mol. The molecule has 1 aromatic heterocycles. The molecule has 7 heteroatoms. The summed E-state index contributed by atoms with van der Waals surface area (Å²) in [5.74, 6) is 0.566. The molecule has 0 saturated heterocycles. The minimum absolute atomic E-state index is 0.212. The third-order valence-corrected chi connectivity index (χ3v) is 5.74. The maximum atomic E-state index is 12.5. The SMILES string of the molecule is Cc1nn(Cc2ccccc2Cl)c(Cl)c1C(=O)NCCSc1ccccc1. The van der Waals surface area contributed by atoms with Crippen molar-refractivity contribution < 1.29 is 4.79 Å². The molecule has 0 aliphatic rings. The van der Waals surface area contributed by atoms with E-state index in [9.17, 15) is 4.79 Å². The zero-order valence-corrected chi connectivity index (χ0v) is 17.1. The molecule has 1 heterocycles. The van der Waals surface area contributed by atoms with Crippen molar-refractivity contribution in [3.63, 3.8) is 0 Å². The van der Waals surface area contributed by atoms with Gasteiger partial charge in [0.05, 0.1) is 17.8 Å². The van der Waals surface area contributed by atoms with Crippen molar-refractivity contribution in [1.82, 2.24) is 15.1 Å². The van der Waals surface area contributed by atoms with Gasteiger partial charge in [-0.25, -0.2) is 4.68 Å². The summed E-state index contributed by atoms with van der Waals surface area (Å²) in [4.78, 5) is 13.7. The van der Waals surface area contributed by atoms with Crippen LogP contribution in [0.25, 0.3) is 0 Å². The first kappa shape index (κ1) is 19.8. The number of aryl methyl sites for hydroxylation is 1. The van der Waals surface area contributed by atoms with Gasteiger partial charge in [0.2, 0.25) is 0 Å². The van der Waals surface area contributed by atoms with Gasteiger partial charge in [-0.3, -0.25) is 4.79 Å². The maximum absolute atomic E-state index is 12.5. The Bertz CT molecular complexity index is 928. The number of carbonyl (C=O) groups excluding carboxylic acids is 1. The van der Waals surface area contributed by atoms with Crippen LogP contribution in [0.15, 0.2) is 59.5 Å². The Balaban J connectivity index is 1.61. The summed E-state index contributed by atoms with van der Waals surface area (Å²) in [6.45, 7) is 2.74. The third-order valence-electron chi connectivity index (χ3n) is 3.97. The molecule has 0 aliphatic carbocycles. The van der Waals surface area contributed by atoms with Crippen molar-refractivity contribution in [3.05, 3.63) is 81.6 Å². The van der Waals surface area contributed by atoms with E-state index < -0.39 is 0 Å². The highest BCUT2D eigenvalue weighted by Crippen LogP contribution is 2.23. The molecule has 0 atom stereocenters. The molecule has 1 N–H and O–H groups in total. The van der Waals surface area contributed by atoms with E-state index in [0.29, 0.717) is 34.5 Å². The summed E-state index contributed by atoms with van der Waals surface area (Å²) in [7, 11) is 0. The molecule has 140 valence electrons. The van der Waals surface area contributed by atoms with Gasteiger partial charge in [0, 0.05) is 22.2 Å². The Morgan fingerprint density at radius 3 is 2.56 bits per heavy atom. The molecule has 0 saturated carbocycles. The second-order valence-electron chi connectivity index (χ2n) is 5.92. The zero-order chi connectivity index (χ0) is 19.2. The van der Waals surface area contributed by atoms with Crippen molar-refractivity contribution in [2.45, 2.75) is 18.4 Å². The van der Waals surface area contributed by atoms with Gasteiger partial charge in [-0.2, -0.15) is 5.10 Å². The summed E-state index contributed by atoms with van der Waals surface area (Å²) >= 11 is 14.3. The predicted molar refractivity (Wildman–Crippen MR) is 112 cm³/mol. The molecular formula is C20H19Cl2N3OS. The van der Waals surface area contributed by atoms with E-state index in [0.717, 1.165) is 11.3 Å². The molecule has 0 unspecified atom stereocenters. The van der Waals surface area contributed by atoms with Crippen LogP contribution in [-0.4, -0.2) is 28.0 Å². The maximum Gasteiger partial charge on any atom is 0.256 e. The van der Waals surface area contributed by atoms with E-state index in [4.69, 9.17) is 23.2 Å². The number of carbonyl (C=O) groups is 1. The molecule has 2 aromatic carbocycles. The van der Waals surface area contributed by atoms with Crippen LogP contribution in [0.1, 0.15) is 21.6 Å². The number of thioether (sulfide) groups is 1. The predicted octanol–water partition coefficient (Wildman–Crippen LogP) is 5.07. The van der Waals surface area contributed by atoms with E-state index in [2.05, 4.69) is 10.4 Å².